The van der Waals surface area contributed by atoms with Crippen molar-refractivity contribution in [3.63, 3.8) is 0 Å². The second kappa shape index (κ2) is 8.77. The number of benzene rings is 1. The van der Waals surface area contributed by atoms with Crippen LogP contribution in [-0.2, 0) is 4.74 Å². The number of H-pyrrole nitrogens is 1. The van der Waals surface area contributed by atoms with Gasteiger partial charge >= 0.3 is 5.97 Å². The van der Waals surface area contributed by atoms with Gasteiger partial charge in [0, 0.05) is 17.3 Å². The number of amides is 2. The molecular formula is C25H26N2O6. The summed E-state index contributed by atoms with van der Waals surface area (Å²) in [4.78, 5) is 66.8. The minimum Gasteiger partial charge on any atom is -0.454 e. The monoisotopic (exact) mass is 450 g/mol. The summed E-state index contributed by atoms with van der Waals surface area (Å²) in [6, 6.07) is 4.16. The Morgan fingerprint density at radius 3 is 2.33 bits per heavy atom. The van der Waals surface area contributed by atoms with Crippen molar-refractivity contribution < 1.29 is 28.7 Å². The summed E-state index contributed by atoms with van der Waals surface area (Å²) in [5, 5.41) is 0. The minimum atomic E-state index is -0.768. The molecule has 1 aromatic heterocycles. The summed E-state index contributed by atoms with van der Waals surface area (Å²) in [6.45, 7) is 4.27. The number of Topliss-reactive ketones (excluding diaryl/α,β-unsaturated/α-hetero) is 2. The normalized spacial score (nSPS) is 16.2. The van der Waals surface area contributed by atoms with Crippen LogP contribution in [0.5, 0.6) is 0 Å². The number of aryl methyl sites for hydroxylation is 1. The molecule has 2 aromatic rings. The summed E-state index contributed by atoms with van der Waals surface area (Å²) >= 11 is 0. The molecule has 33 heavy (non-hydrogen) atoms. The zero-order valence-corrected chi connectivity index (χ0v) is 18.9. The van der Waals surface area contributed by atoms with Crippen LogP contribution < -0.4 is 0 Å². The van der Waals surface area contributed by atoms with Gasteiger partial charge in [-0.25, -0.2) is 4.79 Å². The predicted octanol–water partition coefficient (Wildman–Crippen LogP) is 3.80. The number of ether oxygens (including phenoxy) is 1. The molecule has 4 rings (SSSR count). The van der Waals surface area contributed by atoms with Crippen molar-refractivity contribution in [2.45, 2.75) is 58.9 Å². The molecule has 2 amide bonds. The summed E-state index contributed by atoms with van der Waals surface area (Å²) in [7, 11) is 0. The lowest BCUT2D eigenvalue weighted by Crippen LogP contribution is -2.40. The van der Waals surface area contributed by atoms with Crippen LogP contribution in [0, 0.1) is 13.8 Å². The number of nitrogens with zero attached hydrogens (tertiary/aromatic N) is 1. The van der Waals surface area contributed by atoms with Crippen molar-refractivity contribution in [3.05, 3.63) is 57.4 Å². The number of esters is 1. The number of carbonyl (C=O) groups is 5. The molecule has 0 unspecified atom stereocenters. The Bertz CT molecular complexity index is 1190. The van der Waals surface area contributed by atoms with E-state index in [1.165, 1.54) is 30.0 Å². The van der Waals surface area contributed by atoms with Gasteiger partial charge in [-0.3, -0.25) is 24.1 Å². The molecule has 1 aromatic carbocycles. The highest BCUT2D eigenvalue weighted by molar-refractivity contribution is 6.22. The molecule has 0 bridgehead atoms. The zero-order chi connectivity index (χ0) is 23.9. The van der Waals surface area contributed by atoms with Crippen LogP contribution in [0.15, 0.2) is 18.2 Å². The molecule has 1 N–H and O–H groups in total. The summed E-state index contributed by atoms with van der Waals surface area (Å²) in [5.74, 6) is -2.10. The first-order chi connectivity index (χ1) is 15.7. The van der Waals surface area contributed by atoms with E-state index in [-0.39, 0.29) is 46.0 Å². The SMILES string of the molecule is CC(=O)c1c(C)[nH]c(C(=O)COC(=O)c2ccc3c(c2)C(=O)N(C2CCCCC2)C3=O)c1C. The number of fused-ring (bicyclic) bond motifs is 1. The zero-order valence-electron chi connectivity index (χ0n) is 18.9. The average molecular weight is 450 g/mol. The maximum absolute atomic E-state index is 12.9. The van der Waals surface area contributed by atoms with Crippen molar-refractivity contribution in [1.82, 2.24) is 9.88 Å². The molecule has 172 valence electrons. The van der Waals surface area contributed by atoms with Gasteiger partial charge in [-0.05, 0) is 57.4 Å². The Balaban J connectivity index is 1.47. The fraction of sp³-hybridized carbons (Fsp3) is 0.400. The van der Waals surface area contributed by atoms with Crippen molar-refractivity contribution in [2.24, 2.45) is 0 Å². The Morgan fingerprint density at radius 2 is 1.70 bits per heavy atom. The van der Waals surface area contributed by atoms with Gasteiger partial charge in [0.2, 0.25) is 5.78 Å². The van der Waals surface area contributed by atoms with E-state index in [2.05, 4.69) is 4.98 Å². The van der Waals surface area contributed by atoms with Gasteiger partial charge in [0.1, 0.15) is 0 Å². The number of hydrogen-bond donors (Lipinski definition) is 1. The largest absolute Gasteiger partial charge is 0.454 e. The number of carbonyl (C=O) groups excluding carboxylic acids is 5. The summed E-state index contributed by atoms with van der Waals surface area (Å²) in [6.07, 6.45) is 4.66. The fourth-order valence-electron chi connectivity index (χ4n) is 4.90. The predicted molar refractivity (Wildman–Crippen MR) is 119 cm³/mol. The summed E-state index contributed by atoms with van der Waals surface area (Å²) in [5.41, 5.74) is 2.35. The van der Waals surface area contributed by atoms with E-state index in [0.29, 0.717) is 16.8 Å². The number of nitrogens with one attached hydrogen (secondary N) is 1. The molecule has 8 heteroatoms. The van der Waals surface area contributed by atoms with Gasteiger partial charge in [0.25, 0.3) is 11.8 Å². The molecule has 0 saturated heterocycles. The lowest BCUT2D eigenvalue weighted by molar-refractivity contribution is 0.0473. The van der Waals surface area contributed by atoms with Gasteiger partial charge in [0.15, 0.2) is 12.4 Å². The highest BCUT2D eigenvalue weighted by Crippen LogP contribution is 2.31. The fourth-order valence-corrected chi connectivity index (χ4v) is 4.90. The Labute approximate surface area is 191 Å². The third-order valence-corrected chi connectivity index (χ3v) is 6.50. The molecule has 1 aliphatic heterocycles. The summed E-state index contributed by atoms with van der Waals surface area (Å²) < 4.78 is 5.17. The Morgan fingerprint density at radius 1 is 1.03 bits per heavy atom. The lowest BCUT2D eigenvalue weighted by Gasteiger charge is -2.29. The lowest BCUT2D eigenvalue weighted by atomic mass is 9.94. The van der Waals surface area contributed by atoms with E-state index >= 15 is 0 Å². The molecule has 2 aliphatic rings. The molecular weight excluding hydrogens is 424 g/mol. The molecule has 0 atom stereocenters. The van der Waals surface area contributed by atoms with E-state index in [0.717, 1.165) is 32.1 Å². The first-order valence-electron chi connectivity index (χ1n) is 11.1. The maximum atomic E-state index is 12.9. The van der Waals surface area contributed by atoms with Gasteiger partial charge in [-0.1, -0.05) is 19.3 Å². The second-order valence-corrected chi connectivity index (χ2v) is 8.71. The van der Waals surface area contributed by atoms with E-state index in [4.69, 9.17) is 4.74 Å². The van der Waals surface area contributed by atoms with Crippen LogP contribution in [0.3, 0.4) is 0 Å². The molecule has 0 spiro atoms. The first kappa shape index (κ1) is 22.6. The van der Waals surface area contributed by atoms with Crippen molar-refractivity contribution in [1.29, 1.82) is 0 Å². The van der Waals surface area contributed by atoms with Crippen LogP contribution in [0.4, 0.5) is 0 Å². The van der Waals surface area contributed by atoms with Gasteiger partial charge in [0.05, 0.1) is 22.4 Å². The van der Waals surface area contributed by atoms with E-state index in [1.54, 1.807) is 13.8 Å². The van der Waals surface area contributed by atoms with Crippen LogP contribution in [0.2, 0.25) is 0 Å². The van der Waals surface area contributed by atoms with Gasteiger partial charge in [-0.2, -0.15) is 0 Å². The van der Waals surface area contributed by atoms with E-state index in [9.17, 15) is 24.0 Å². The van der Waals surface area contributed by atoms with E-state index in [1.807, 2.05) is 0 Å². The van der Waals surface area contributed by atoms with Gasteiger partial charge < -0.3 is 9.72 Å². The molecule has 1 aliphatic carbocycles. The molecule has 8 nitrogen and oxygen atoms in total. The number of aromatic nitrogens is 1. The van der Waals surface area contributed by atoms with Crippen LogP contribution in [-0.4, -0.2) is 51.9 Å². The van der Waals surface area contributed by atoms with Crippen molar-refractivity contribution >= 4 is 29.4 Å². The molecule has 1 saturated carbocycles. The average Bonchev–Trinajstić information content (AvgIpc) is 3.24. The highest BCUT2D eigenvalue weighted by Gasteiger charge is 2.40. The molecule has 0 radical (unpaired) electrons. The third-order valence-electron chi connectivity index (χ3n) is 6.50. The number of rotatable bonds is 6. The molecule has 2 heterocycles. The van der Waals surface area contributed by atoms with E-state index < -0.39 is 18.4 Å². The Hall–Kier alpha value is -3.55. The minimum absolute atomic E-state index is 0.0945. The smallest absolute Gasteiger partial charge is 0.338 e. The van der Waals surface area contributed by atoms with Crippen LogP contribution in [0.1, 0.15) is 102 Å². The van der Waals surface area contributed by atoms with Gasteiger partial charge in [-0.15, -0.1) is 0 Å². The van der Waals surface area contributed by atoms with Crippen LogP contribution in [0.25, 0.3) is 0 Å². The van der Waals surface area contributed by atoms with Crippen molar-refractivity contribution in [3.8, 4) is 0 Å². The van der Waals surface area contributed by atoms with Crippen LogP contribution >= 0.6 is 0 Å². The number of aromatic amines is 1. The first-order valence-corrected chi connectivity index (χ1v) is 11.1. The highest BCUT2D eigenvalue weighted by atomic mass is 16.5. The topological polar surface area (TPSA) is 114 Å². The number of imide groups is 1. The molecule has 1 fully saturated rings. The second-order valence-electron chi connectivity index (χ2n) is 8.71. The quantitative estimate of drug-likeness (QED) is 0.407. The standard InChI is InChI=1S/C25H26N2O6/c1-13-21(15(3)28)14(2)26-22(13)20(29)12-33-25(32)16-9-10-18-19(11-16)24(31)27(23(18)30)17-7-5-4-6-8-17/h9-11,17,26H,4-8,12H2,1-3H3. The number of hydrogen-bond acceptors (Lipinski definition) is 6. The number of ketones is 2. The Kier molecular flexibility index (Phi) is 6.01. The van der Waals surface area contributed by atoms with Crippen molar-refractivity contribution in [2.75, 3.05) is 6.61 Å². The third kappa shape index (κ3) is 4.01. The maximum Gasteiger partial charge on any atom is 0.338 e.